The number of benzene rings is 2. The number of thioether (sulfide) groups is 1. The van der Waals surface area contributed by atoms with E-state index in [4.69, 9.17) is 17.6 Å². The number of Topliss-reactive ketones (excluding diaryl/α,β-unsaturated/α-hetero) is 2. The number of unbranched alkanes of at least 4 members (excludes halogenated alkanes) is 1. The van der Waals surface area contributed by atoms with Gasteiger partial charge in [0.15, 0.2) is 11.6 Å². The number of likely N-dealkylation sites (N-methyl/N-ethyl adjacent to an activating group) is 1. The molecule has 2 aromatic carbocycles. The topological polar surface area (TPSA) is 240 Å². The number of nitrogens with two attached hydrogens (primary N) is 2. The molecule has 3 rings (SSSR count). The van der Waals surface area contributed by atoms with Crippen LogP contribution in [-0.4, -0.2) is 108 Å². The molecule has 318 valence electrons. The fourth-order valence-electron chi connectivity index (χ4n) is 6.51. The second kappa shape index (κ2) is 24.2. The number of para-hydroxylation sites is 1. The fraction of sp³-hybridized carbons (Fsp3) is 0.524. The number of carbonyl (C=O) groups is 6. The molecule has 0 bridgehead atoms. The van der Waals surface area contributed by atoms with Gasteiger partial charge in [0.2, 0.25) is 23.6 Å². The van der Waals surface area contributed by atoms with Crippen LogP contribution in [0, 0.1) is 0 Å². The molecule has 1 heterocycles. The Morgan fingerprint density at radius 2 is 1.57 bits per heavy atom. The lowest BCUT2D eigenvalue weighted by Gasteiger charge is -2.32. The Balaban J connectivity index is 1.91. The van der Waals surface area contributed by atoms with Crippen LogP contribution in [-0.2, 0) is 41.6 Å². The monoisotopic (exact) mass is 824 g/mol. The number of ether oxygens (including phenoxy) is 1. The van der Waals surface area contributed by atoms with E-state index in [0.717, 1.165) is 16.5 Å². The summed E-state index contributed by atoms with van der Waals surface area (Å²) in [7, 11) is 1.62. The van der Waals surface area contributed by atoms with Gasteiger partial charge in [0, 0.05) is 57.0 Å². The highest BCUT2D eigenvalue weighted by molar-refractivity contribution is 7.99. The van der Waals surface area contributed by atoms with Crippen LogP contribution in [0.25, 0.3) is 10.9 Å². The number of nitrogens with one attached hydrogen (secondary N) is 6. The van der Waals surface area contributed by atoms with Crippen molar-refractivity contribution in [3.63, 3.8) is 0 Å². The normalized spacial score (nSPS) is 14.6. The van der Waals surface area contributed by atoms with Crippen LogP contribution < -0.4 is 42.8 Å². The number of H-pyrrole nitrogens is 1. The fourth-order valence-corrected chi connectivity index (χ4v) is 7.64. The van der Waals surface area contributed by atoms with Gasteiger partial charge in [-0.3, -0.25) is 28.8 Å². The third kappa shape index (κ3) is 14.9. The average Bonchev–Trinajstić information content (AvgIpc) is 3.64. The average molecular weight is 825 g/mol. The number of aromatic amines is 1. The summed E-state index contributed by atoms with van der Waals surface area (Å²) in [5.74, 6) is -1.26. The Kier molecular flexibility index (Phi) is 19.2. The number of hydrogen-bond acceptors (Lipinski definition) is 11. The molecule has 0 aliphatic carbocycles. The molecular formula is C42H62N8O7S. The van der Waals surface area contributed by atoms with Crippen LogP contribution in [0.2, 0.25) is 0 Å². The summed E-state index contributed by atoms with van der Waals surface area (Å²) in [5.41, 5.74) is 12.5. The van der Waals surface area contributed by atoms with Crippen LogP contribution in [0.3, 0.4) is 0 Å². The van der Waals surface area contributed by atoms with Gasteiger partial charge in [-0.15, -0.1) is 0 Å². The molecule has 0 fully saturated rings. The van der Waals surface area contributed by atoms with Crippen molar-refractivity contribution in [2.75, 3.05) is 38.2 Å². The molecule has 58 heavy (non-hydrogen) atoms. The molecule has 10 N–H and O–H groups in total. The van der Waals surface area contributed by atoms with Gasteiger partial charge in [0.25, 0.3) is 0 Å². The van der Waals surface area contributed by atoms with E-state index < -0.39 is 60.1 Å². The maximum Gasteiger partial charge on any atom is 0.243 e. The van der Waals surface area contributed by atoms with Crippen molar-refractivity contribution in [2.24, 2.45) is 11.5 Å². The number of ketones is 2. The molecule has 5 atom stereocenters. The van der Waals surface area contributed by atoms with Gasteiger partial charge in [0.1, 0.15) is 24.4 Å². The van der Waals surface area contributed by atoms with Gasteiger partial charge in [-0.05, 0) is 88.2 Å². The molecular weight excluding hydrogens is 761 g/mol. The summed E-state index contributed by atoms with van der Waals surface area (Å²) >= 11 is 1.38. The molecule has 1 aromatic heterocycles. The van der Waals surface area contributed by atoms with Crippen molar-refractivity contribution < 1.29 is 34.9 Å². The zero-order chi connectivity index (χ0) is 43.4. The van der Waals surface area contributed by atoms with Crippen LogP contribution in [0.1, 0.15) is 72.3 Å². The smallest absolute Gasteiger partial charge is 0.243 e. The summed E-state index contributed by atoms with van der Waals surface area (Å²) < 4.78 is 13.0. The largest absolute Gasteiger partial charge is 0.492 e. The minimum atomic E-state index is -1.19. The molecule has 0 saturated carbocycles. The second-order valence-corrected chi connectivity index (χ2v) is 15.6. The van der Waals surface area contributed by atoms with E-state index in [1.54, 1.807) is 51.4 Å². The number of fused-ring (bicyclic) bond motifs is 1. The number of amides is 4. The van der Waals surface area contributed by atoms with Crippen LogP contribution in [0.4, 0.5) is 0 Å². The van der Waals surface area contributed by atoms with Crippen molar-refractivity contribution in [1.82, 2.24) is 31.6 Å². The summed E-state index contributed by atoms with van der Waals surface area (Å²) in [6, 6.07) is 10.9. The van der Waals surface area contributed by atoms with E-state index in [1.807, 2.05) is 24.3 Å². The Bertz CT molecular complexity index is 1840. The van der Waals surface area contributed by atoms with Gasteiger partial charge >= 0.3 is 0 Å². The quantitative estimate of drug-likeness (QED) is 0.0518. The lowest BCUT2D eigenvalue weighted by molar-refractivity contribution is -0.135. The SMILES string of the molecule is [3H]CC(=O)[C@H](CCSC[C@H](NC)C(=O)N[C@@H](Cc1ccc(OCCN)cc1)C(=O)N[C@@H](Cc1c[nH]c2ccccc12)C(=O)N[C@@](C)(CCCCN)C(=O)CC)NC(C)=O. The molecule has 0 spiro atoms. The van der Waals surface area contributed by atoms with Crippen LogP contribution in [0.5, 0.6) is 5.75 Å². The first-order valence-electron chi connectivity index (χ1n) is 20.5. The van der Waals surface area contributed by atoms with Crippen molar-refractivity contribution in [3.05, 3.63) is 65.9 Å². The van der Waals surface area contributed by atoms with Crippen LogP contribution in [0.15, 0.2) is 54.7 Å². The van der Waals surface area contributed by atoms with E-state index in [0.29, 0.717) is 56.0 Å². The van der Waals surface area contributed by atoms with Crippen molar-refractivity contribution >= 4 is 57.9 Å². The molecule has 3 aromatic rings. The minimum Gasteiger partial charge on any atom is -0.492 e. The van der Waals surface area contributed by atoms with Crippen molar-refractivity contribution in [1.29, 1.82) is 0 Å². The molecule has 16 heteroatoms. The lowest BCUT2D eigenvalue weighted by atomic mass is 9.88. The molecule has 0 aliphatic heterocycles. The van der Waals surface area contributed by atoms with Crippen molar-refractivity contribution in [2.45, 2.75) is 102 Å². The summed E-state index contributed by atoms with van der Waals surface area (Å²) in [6.45, 7) is 5.40. The molecule has 0 aliphatic rings. The first-order valence-corrected chi connectivity index (χ1v) is 20.9. The Hall–Kier alpha value is -4.77. The number of aromatic nitrogens is 1. The van der Waals surface area contributed by atoms with E-state index >= 15 is 0 Å². The maximum absolute atomic E-state index is 14.5. The van der Waals surface area contributed by atoms with E-state index in [2.05, 4.69) is 31.6 Å². The van der Waals surface area contributed by atoms with E-state index in [9.17, 15) is 28.8 Å². The van der Waals surface area contributed by atoms with Gasteiger partial charge in [-0.25, -0.2) is 0 Å². The third-order valence-corrected chi connectivity index (χ3v) is 10.9. The Labute approximate surface area is 347 Å². The Morgan fingerprint density at radius 3 is 2.21 bits per heavy atom. The molecule has 0 unspecified atom stereocenters. The predicted octanol–water partition coefficient (Wildman–Crippen LogP) is 2.05. The highest BCUT2D eigenvalue weighted by Gasteiger charge is 2.37. The molecule has 15 nitrogen and oxygen atoms in total. The summed E-state index contributed by atoms with van der Waals surface area (Å²) in [6.07, 6.45) is 4.10. The highest BCUT2D eigenvalue weighted by atomic mass is 32.2. The zero-order valence-electron chi connectivity index (χ0n) is 35.1. The zero-order valence-corrected chi connectivity index (χ0v) is 34.9. The van der Waals surface area contributed by atoms with Gasteiger partial charge in [-0.1, -0.05) is 37.3 Å². The Morgan fingerprint density at radius 1 is 0.879 bits per heavy atom. The number of rotatable bonds is 27. The van der Waals surface area contributed by atoms with Crippen molar-refractivity contribution in [3.8, 4) is 5.75 Å². The predicted molar refractivity (Wildman–Crippen MR) is 228 cm³/mol. The minimum absolute atomic E-state index is 0.0680. The summed E-state index contributed by atoms with van der Waals surface area (Å²) in [4.78, 5) is 82.9. The lowest BCUT2D eigenvalue weighted by Crippen LogP contribution is -2.61. The maximum atomic E-state index is 14.5. The molecule has 0 radical (unpaired) electrons. The van der Waals surface area contributed by atoms with E-state index in [1.165, 1.54) is 18.7 Å². The van der Waals surface area contributed by atoms with E-state index in [-0.39, 0.29) is 43.1 Å². The standard InChI is InChI=1S/C42H62N8O7S/c1-6-38(53)42(4,18-9-10-19-43)50-41(56)36(24-30-25-46-34-12-8-7-11-32(30)34)49-39(54)35(23-29-13-15-31(16-14-29)57-21-20-44)48-40(55)37(45-5)26-58-22-17-33(27(2)51)47-28(3)52/h7-8,11-16,25,33,35-37,45-46H,6,9-10,17-24,26,43-44H2,1-5H3,(H,47,52)(H,48,55)(H,49,54)(H,50,56)/t33-,35-,36-,37-,42-/m0/s1/i2T. The van der Waals surface area contributed by atoms with Gasteiger partial charge in [-0.2, -0.15) is 11.8 Å². The van der Waals surface area contributed by atoms with Crippen LogP contribution >= 0.6 is 11.8 Å². The van der Waals surface area contributed by atoms with Gasteiger partial charge < -0.3 is 47.8 Å². The molecule has 4 amide bonds. The first-order chi connectivity index (χ1) is 28.3. The number of hydrogen-bond donors (Lipinski definition) is 8. The third-order valence-electron chi connectivity index (χ3n) is 9.85. The number of carbonyl (C=O) groups excluding carboxylic acids is 6. The first kappa shape index (κ1) is 45.9. The summed E-state index contributed by atoms with van der Waals surface area (Å²) in [5, 5.41) is 15.2. The second-order valence-electron chi connectivity index (χ2n) is 14.4. The highest BCUT2D eigenvalue weighted by Crippen LogP contribution is 2.22. The molecule has 0 saturated heterocycles. The van der Waals surface area contributed by atoms with Gasteiger partial charge in [0.05, 0.1) is 17.6 Å².